The summed E-state index contributed by atoms with van der Waals surface area (Å²) in [4.78, 5) is 14.8. The summed E-state index contributed by atoms with van der Waals surface area (Å²) in [6.45, 7) is 6.54. The molecule has 1 aliphatic carbocycles. The third-order valence-corrected chi connectivity index (χ3v) is 5.16. The molecule has 2 heterocycles. The van der Waals surface area contributed by atoms with Crippen molar-refractivity contribution in [2.45, 2.75) is 37.6 Å². The van der Waals surface area contributed by atoms with Crippen LogP contribution in [0.1, 0.15) is 32.1 Å². The van der Waals surface area contributed by atoms with E-state index in [9.17, 15) is 4.79 Å². The molecule has 20 heavy (non-hydrogen) atoms. The normalized spacial score (nSPS) is 27.2. The highest BCUT2D eigenvalue weighted by atomic mass is 16.5. The number of hydrogen-bond acceptors (Lipinski definition) is 4. The second-order valence-corrected chi connectivity index (χ2v) is 6.54. The summed E-state index contributed by atoms with van der Waals surface area (Å²) in [6.07, 6.45) is 5.54. The van der Waals surface area contributed by atoms with E-state index in [1.54, 1.807) is 0 Å². The summed E-state index contributed by atoms with van der Waals surface area (Å²) >= 11 is 0. The van der Waals surface area contributed by atoms with Gasteiger partial charge in [0, 0.05) is 50.6 Å². The van der Waals surface area contributed by atoms with Crippen molar-refractivity contribution in [3.63, 3.8) is 0 Å². The van der Waals surface area contributed by atoms with E-state index in [1.807, 2.05) is 0 Å². The fraction of sp³-hybridized carbons (Fsp3) is 0.933. The lowest BCUT2D eigenvalue weighted by atomic mass is 9.89. The monoisotopic (exact) mass is 281 g/mol. The highest BCUT2D eigenvalue weighted by Gasteiger charge is 2.41. The number of rotatable bonds is 5. The van der Waals surface area contributed by atoms with Crippen LogP contribution in [0.25, 0.3) is 0 Å². The molecule has 3 rings (SSSR count). The van der Waals surface area contributed by atoms with Crippen LogP contribution in [0, 0.1) is 5.92 Å². The van der Waals surface area contributed by atoms with Gasteiger partial charge in [0.15, 0.2) is 0 Å². The third kappa shape index (κ3) is 3.15. The SMILES string of the molecule is O=C(CC1(N2CCOCC2)CCCC1)NCC1CNC1. The Labute approximate surface area is 121 Å². The van der Waals surface area contributed by atoms with Gasteiger partial charge in [0.05, 0.1) is 13.2 Å². The number of nitrogens with zero attached hydrogens (tertiary/aromatic N) is 1. The van der Waals surface area contributed by atoms with E-state index in [4.69, 9.17) is 4.74 Å². The lowest BCUT2D eigenvalue weighted by molar-refractivity contribution is -0.125. The van der Waals surface area contributed by atoms with Crippen LogP contribution >= 0.6 is 0 Å². The zero-order chi connectivity index (χ0) is 13.8. The molecule has 0 aromatic heterocycles. The number of morpholine rings is 1. The maximum absolute atomic E-state index is 12.3. The number of amides is 1. The largest absolute Gasteiger partial charge is 0.379 e. The molecule has 2 N–H and O–H groups in total. The third-order valence-electron chi connectivity index (χ3n) is 5.16. The molecule has 114 valence electrons. The van der Waals surface area contributed by atoms with Crippen LogP contribution in [0.5, 0.6) is 0 Å². The first-order chi connectivity index (χ1) is 9.78. The number of hydrogen-bond donors (Lipinski definition) is 2. The van der Waals surface area contributed by atoms with Gasteiger partial charge in [-0.1, -0.05) is 12.8 Å². The van der Waals surface area contributed by atoms with Gasteiger partial charge < -0.3 is 15.4 Å². The van der Waals surface area contributed by atoms with Crippen molar-refractivity contribution in [2.75, 3.05) is 45.9 Å². The zero-order valence-electron chi connectivity index (χ0n) is 12.3. The Morgan fingerprint density at radius 3 is 2.55 bits per heavy atom. The van der Waals surface area contributed by atoms with Crippen LogP contribution < -0.4 is 10.6 Å². The van der Waals surface area contributed by atoms with Crippen molar-refractivity contribution >= 4 is 5.91 Å². The van der Waals surface area contributed by atoms with Crippen LogP contribution in [0.3, 0.4) is 0 Å². The van der Waals surface area contributed by atoms with E-state index in [-0.39, 0.29) is 11.4 Å². The molecule has 0 aromatic carbocycles. The van der Waals surface area contributed by atoms with Gasteiger partial charge in [0.2, 0.25) is 5.91 Å². The van der Waals surface area contributed by atoms with Crippen LogP contribution in [0.2, 0.25) is 0 Å². The summed E-state index contributed by atoms with van der Waals surface area (Å²) in [5.74, 6) is 0.882. The first kappa shape index (κ1) is 14.3. The fourth-order valence-corrected chi connectivity index (χ4v) is 3.79. The standard InChI is InChI=1S/C15H27N3O2/c19-14(17-12-13-10-16-11-13)9-15(3-1-2-4-15)18-5-7-20-8-6-18/h13,16H,1-12H2,(H,17,19). The molecule has 1 amide bonds. The van der Waals surface area contributed by atoms with Crippen molar-refractivity contribution in [2.24, 2.45) is 5.92 Å². The first-order valence-electron chi connectivity index (χ1n) is 8.09. The Morgan fingerprint density at radius 2 is 1.95 bits per heavy atom. The first-order valence-corrected chi connectivity index (χ1v) is 8.09. The fourth-order valence-electron chi connectivity index (χ4n) is 3.79. The second-order valence-electron chi connectivity index (χ2n) is 6.54. The van der Waals surface area contributed by atoms with Gasteiger partial charge >= 0.3 is 0 Å². The van der Waals surface area contributed by atoms with E-state index >= 15 is 0 Å². The van der Waals surface area contributed by atoms with E-state index in [1.165, 1.54) is 25.7 Å². The van der Waals surface area contributed by atoms with Crippen LogP contribution in [0.15, 0.2) is 0 Å². The summed E-state index contributed by atoms with van der Waals surface area (Å²) in [5, 5.41) is 6.38. The van der Waals surface area contributed by atoms with Crippen LogP contribution in [0.4, 0.5) is 0 Å². The Morgan fingerprint density at radius 1 is 1.25 bits per heavy atom. The minimum atomic E-state index is 0.117. The Bertz CT molecular complexity index is 332. The molecule has 0 unspecified atom stereocenters. The zero-order valence-corrected chi connectivity index (χ0v) is 12.3. The van der Waals surface area contributed by atoms with Gasteiger partial charge in [0.25, 0.3) is 0 Å². The van der Waals surface area contributed by atoms with Gasteiger partial charge in [-0.2, -0.15) is 0 Å². The molecule has 2 saturated heterocycles. The summed E-state index contributed by atoms with van der Waals surface area (Å²) in [5.41, 5.74) is 0.117. The Balaban J connectivity index is 1.53. The van der Waals surface area contributed by atoms with Gasteiger partial charge in [0.1, 0.15) is 0 Å². The van der Waals surface area contributed by atoms with E-state index in [0.717, 1.165) is 45.9 Å². The van der Waals surface area contributed by atoms with Gasteiger partial charge in [-0.05, 0) is 12.8 Å². The minimum Gasteiger partial charge on any atom is -0.379 e. The highest BCUT2D eigenvalue weighted by molar-refractivity contribution is 5.77. The molecule has 0 atom stereocenters. The predicted octanol–water partition coefficient (Wildman–Crippen LogP) is 0.357. The molecule has 2 aliphatic heterocycles. The lowest BCUT2D eigenvalue weighted by Crippen LogP contribution is -2.54. The molecule has 0 aromatic rings. The van der Waals surface area contributed by atoms with Crippen molar-refractivity contribution in [1.29, 1.82) is 0 Å². The molecule has 0 spiro atoms. The number of carbonyl (C=O) groups excluding carboxylic acids is 1. The van der Waals surface area contributed by atoms with Crippen molar-refractivity contribution < 1.29 is 9.53 Å². The van der Waals surface area contributed by atoms with E-state index in [0.29, 0.717) is 12.3 Å². The molecule has 0 bridgehead atoms. The quantitative estimate of drug-likeness (QED) is 0.764. The average molecular weight is 281 g/mol. The molecule has 3 fully saturated rings. The second kappa shape index (κ2) is 6.41. The van der Waals surface area contributed by atoms with E-state index < -0.39 is 0 Å². The van der Waals surface area contributed by atoms with Crippen LogP contribution in [-0.2, 0) is 9.53 Å². The topological polar surface area (TPSA) is 53.6 Å². The molecular formula is C15H27N3O2. The Kier molecular flexibility index (Phi) is 4.58. The maximum Gasteiger partial charge on any atom is 0.221 e. The predicted molar refractivity (Wildman–Crippen MR) is 77.6 cm³/mol. The van der Waals surface area contributed by atoms with Crippen molar-refractivity contribution in [1.82, 2.24) is 15.5 Å². The molecule has 3 aliphatic rings. The van der Waals surface area contributed by atoms with Crippen LogP contribution in [-0.4, -0.2) is 62.3 Å². The minimum absolute atomic E-state index is 0.117. The van der Waals surface area contributed by atoms with Crippen molar-refractivity contribution in [3.8, 4) is 0 Å². The lowest BCUT2D eigenvalue weighted by Gasteiger charge is -2.43. The van der Waals surface area contributed by atoms with Gasteiger partial charge in [-0.25, -0.2) is 0 Å². The van der Waals surface area contributed by atoms with Gasteiger partial charge in [-0.15, -0.1) is 0 Å². The van der Waals surface area contributed by atoms with Gasteiger partial charge in [-0.3, -0.25) is 9.69 Å². The van der Waals surface area contributed by atoms with E-state index in [2.05, 4.69) is 15.5 Å². The molecule has 5 nitrogen and oxygen atoms in total. The molecular weight excluding hydrogens is 254 g/mol. The molecule has 5 heteroatoms. The molecule has 1 saturated carbocycles. The highest BCUT2D eigenvalue weighted by Crippen LogP contribution is 2.38. The smallest absolute Gasteiger partial charge is 0.221 e. The Hall–Kier alpha value is -0.650. The average Bonchev–Trinajstić information content (AvgIpc) is 2.88. The molecule has 0 radical (unpaired) electrons. The maximum atomic E-state index is 12.3. The number of nitrogens with one attached hydrogen (secondary N) is 2. The number of carbonyl (C=O) groups is 1. The summed E-state index contributed by atoms with van der Waals surface area (Å²) < 4.78 is 5.46. The number of ether oxygens (including phenoxy) is 1. The summed E-state index contributed by atoms with van der Waals surface area (Å²) in [6, 6.07) is 0. The summed E-state index contributed by atoms with van der Waals surface area (Å²) in [7, 11) is 0. The van der Waals surface area contributed by atoms with Crippen molar-refractivity contribution in [3.05, 3.63) is 0 Å².